The Kier molecular flexibility index (Phi) is 4.54. The lowest BCUT2D eigenvalue weighted by molar-refractivity contribution is -0.162. The average molecular weight is 215 g/mol. The van der Waals surface area contributed by atoms with E-state index in [1.807, 2.05) is 0 Å². The maximum atomic E-state index is 11.4. The lowest BCUT2D eigenvalue weighted by Gasteiger charge is -2.25. The molecule has 0 aromatic carbocycles. The molecular weight excluding hydrogens is 194 g/mol. The Hall–Kier alpha value is -0.610. The van der Waals surface area contributed by atoms with Crippen LogP contribution in [0.15, 0.2) is 0 Å². The molecule has 4 heteroatoms. The van der Waals surface area contributed by atoms with E-state index in [9.17, 15) is 9.90 Å². The number of rotatable bonds is 5. The van der Waals surface area contributed by atoms with E-state index in [4.69, 9.17) is 0 Å². The van der Waals surface area contributed by atoms with Crippen LogP contribution in [0.2, 0.25) is 0 Å². The summed E-state index contributed by atoms with van der Waals surface area (Å²) in [5.41, 5.74) is -1.36. The summed E-state index contributed by atoms with van der Waals surface area (Å²) in [6.07, 6.45) is 5.13. The monoisotopic (exact) mass is 215 g/mol. The summed E-state index contributed by atoms with van der Waals surface area (Å²) in [5, 5.41) is 13.2. The van der Waals surface area contributed by atoms with E-state index in [1.165, 1.54) is 20.0 Å². The van der Waals surface area contributed by atoms with Gasteiger partial charge in [-0.2, -0.15) is 0 Å². The zero-order chi connectivity index (χ0) is 11.3. The summed E-state index contributed by atoms with van der Waals surface area (Å²) in [6.45, 7) is 2.08. The van der Waals surface area contributed by atoms with E-state index in [0.29, 0.717) is 19.0 Å². The van der Waals surface area contributed by atoms with Gasteiger partial charge in [-0.3, -0.25) is 0 Å². The van der Waals surface area contributed by atoms with E-state index in [-0.39, 0.29) is 0 Å². The Labute approximate surface area is 91.0 Å². The highest BCUT2D eigenvalue weighted by molar-refractivity contribution is 5.79. The van der Waals surface area contributed by atoms with Gasteiger partial charge in [0, 0.05) is 12.6 Å². The minimum atomic E-state index is -1.36. The number of carbonyl (C=O) groups is 1. The average Bonchev–Trinajstić information content (AvgIpc) is 2.77. The molecule has 0 amide bonds. The predicted octanol–water partition coefficient (Wildman–Crippen LogP) is 0.833. The fourth-order valence-corrected chi connectivity index (χ4v) is 1.97. The first-order valence-corrected chi connectivity index (χ1v) is 5.66. The second-order valence-corrected chi connectivity index (χ2v) is 4.24. The minimum absolute atomic E-state index is 0.292. The molecule has 0 aromatic rings. The third-order valence-electron chi connectivity index (χ3n) is 3.19. The minimum Gasteiger partial charge on any atom is -0.467 e. The van der Waals surface area contributed by atoms with Crippen LogP contribution in [0.5, 0.6) is 0 Å². The summed E-state index contributed by atoms with van der Waals surface area (Å²) < 4.78 is 4.59. The van der Waals surface area contributed by atoms with Crippen LogP contribution in [0.3, 0.4) is 0 Å². The fourth-order valence-electron chi connectivity index (χ4n) is 1.97. The molecule has 15 heavy (non-hydrogen) atoms. The molecule has 1 atom stereocenters. The van der Waals surface area contributed by atoms with Crippen LogP contribution in [0, 0.1) is 0 Å². The molecule has 0 radical (unpaired) electrons. The Morgan fingerprint density at radius 2 is 2.13 bits per heavy atom. The van der Waals surface area contributed by atoms with E-state index in [2.05, 4.69) is 10.1 Å². The van der Waals surface area contributed by atoms with Crippen molar-refractivity contribution in [1.29, 1.82) is 0 Å². The number of methoxy groups -OCH3 is 1. The SMILES string of the molecule is CCC(O)(CNC1CCCC1)C(=O)OC. The molecule has 4 nitrogen and oxygen atoms in total. The first-order chi connectivity index (χ1) is 7.12. The topological polar surface area (TPSA) is 58.6 Å². The lowest BCUT2D eigenvalue weighted by Crippen LogP contribution is -2.49. The lowest BCUT2D eigenvalue weighted by atomic mass is 10.0. The third kappa shape index (κ3) is 3.18. The van der Waals surface area contributed by atoms with E-state index >= 15 is 0 Å². The molecule has 1 aliphatic rings. The van der Waals surface area contributed by atoms with Crippen molar-refractivity contribution in [2.24, 2.45) is 0 Å². The fraction of sp³-hybridized carbons (Fsp3) is 0.909. The van der Waals surface area contributed by atoms with Crippen molar-refractivity contribution < 1.29 is 14.6 Å². The van der Waals surface area contributed by atoms with E-state index in [0.717, 1.165) is 12.8 Å². The molecule has 1 unspecified atom stereocenters. The van der Waals surface area contributed by atoms with Gasteiger partial charge in [0.25, 0.3) is 0 Å². The molecule has 0 bridgehead atoms. The number of ether oxygens (including phenoxy) is 1. The van der Waals surface area contributed by atoms with Crippen LogP contribution in [-0.2, 0) is 9.53 Å². The molecule has 1 aliphatic carbocycles. The molecule has 2 N–H and O–H groups in total. The number of hydrogen-bond donors (Lipinski definition) is 2. The van der Waals surface area contributed by atoms with Gasteiger partial charge in [0.05, 0.1) is 7.11 Å². The summed E-state index contributed by atoms with van der Waals surface area (Å²) in [4.78, 5) is 11.4. The van der Waals surface area contributed by atoms with Gasteiger partial charge in [-0.05, 0) is 19.3 Å². The van der Waals surface area contributed by atoms with Crippen LogP contribution >= 0.6 is 0 Å². The zero-order valence-electron chi connectivity index (χ0n) is 9.58. The molecule has 1 rings (SSSR count). The highest BCUT2D eigenvalue weighted by atomic mass is 16.5. The van der Waals surface area contributed by atoms with Crippen LogP contribution in [-0.4, -0.2) is 36.4 Å². The standard InChI is InChI=1S/C11H21NO3/c1-3-11(14,10(13)15-2)8-12-9-6-4-5-7-9/h9,12,14H,3-8H2,1-2H3. The first-order valence-electron chi connectivity index (χ1n) is 5.66. The summed E-state index contributed by atoms with van der Waals surface area (Å²) >= 11 is 0. The van der Waals surface area contributed by atoms with Gasteiger partial charge in [0.1, 0.15) is 0 Å². The Morgan fingerprint density at radius 3 is 2.60 bits per heavy atom. The Bertz CT molecular complexity index is 214. The quantitative estimate of drug-likeness (QED) is 0.667. The van der Waals surface area contributed by atoms with Crippen molar-refractivity contribution in [2.45, 2.75) is 50.7 Å². The molecule has 1 fully saturated rings. The van der Waals surface area contributed by atoms with Gasteiger partial charge in [0.2, 0.25) is 0 Å². The summed E-state index contributed by atoms with van der Waals surface area (Å²) in [7, 11) is 1.30. The van der Waals surface area contributed by atoms with E-state index < -0.39 is 11.6 Å². The number of esters is 1. The second kappa shape index (κ2) is 5.47. The molecule has 1 saturated carbocycles. The smallest absolute Gasteiger partial charge is 0.339 e. The maximum Gasteiger partial charge on any atom is 0.339 e. The summed E-state index contributed by atoms with van der Waals surface area (Å²) in [5.74, 6) is -0.546. The first kappa shape index (κ1) is 12.5. The van der Waals surface area contributed by atoms with Gasteiger partial charge in [-0.15, -0.1) is 0 Å². The number of aliphatic hydroxyl groups is 1. The Morgan fingerprint density at radius 1 is 1.53 bits per heavy atom. The van der Waals surface area contributed by atoms with Crippen molar-refractivity contribution in [2.75, 3.05) is 13.7 Å². The number of nitrogens with one attached hydrogen (secondary N) is 1. The van der Waals surface area contributed by atoms with Crippen LogP contribution in [0.1, 0.15) is 39.0 Å². The zero-order valence-corrected chi connectivity index (χ0v) is 9.58. The van der Waals surface area contributed by atoms with Crippen molar-refractivity contribution in [3.05, 3.63) is 0 Å². The second-order valence-electron chi connectivity index (χ2n) is 4.24. The van der Waals surface area contributed by atoms with Gasteiger partial charge in [-0.25, -0.2) is 4.79 Å². The summed E-state index contributed by atoms with van der Waals surface area (Å²) in [6, 6.07) is 0.452. The molecule has 0 spiro atoms. The van der Waals surface area contributed by atoms with Crippen LogP contribution in [0.25, 0.3) is 0 Å². The van der Waals surface area contributed by atoms with Gasteiger partial charge in [0.15, 0.2) is 5.60 Å². The molecule has 0 aromatic heterocycles. The highest BCUT2D eigenvalue weighted by Gasteiger charge is 2.35. The van der Waals surface area contributed by atoms with E-state index in [1.54, 1.807) is 6.92 Å². The largest absolute Gasteiger partial charge is 0.467 e. The molecule has 88 valence electrons. The maximum absolute atomic E-state index is 11.4. The van der Waals surface area contributed by atoms with Crippen molar-refractivity contribution in [1.82, 2.24) is 5.32 Å². The highest BCUT2D eigenvalue weighted by Crippen LogP contribution is 2.19. The molecular formula is C11H21NO3. The molecule has 0 heterocycles. The van der Waals surface area contributed by atoms with Crippen LogP contribution in [0.4, 0.5) is 0 Å². The van der Waals surface area contributed by atoms with Gasteiger partial charge >= 0.3 is 5.97 Å². The Balaban J connectivity index is 2.41. The molecule has 0 saturated heterocycles. The normalized spacial score (nSPS) is 21.3. The van der Waals surface area contributed by atoms with Gasteiger partial charge in [-0.1, -0.05) is 19.8 Å². The number of hydrogen-bond acceptors (Lipinski definition) is 4. The van der Waals surface area contributed by atoms with Crippen molar-refractivity contribution in [3.8, 4) is 0 Å². The predicted molar refractivity (Wildman–Crippen MR) is 57.5 cm³/mol. The number of carbonyl (C=O) groups excluding carboxylic acids is 1. The van der Waals surface area contributed by atoms with Crippen molar-refractivity contribution >= 4 is 5.97 Å². The van der Waals surface area contributed by atoms with Gasteiger partial charge < -0.3 is 15.2 Å². The van der Waals surface area contributed by atoms with Crippen molar-refractivity contribution in [3.63, 3.8) is 0 Å². The molecule has 0 aliphatic heterocycles. The van der Waals surface area contributed by atoms with Crippen LogP contribution < -0.4 is 5.32 Å². The third-order valence-corrected chi connectivity index (χ3v) is 3.19.